The van der Waals surface area contributed by atoms with E-state index in [0.717, 1.165) is 58.3 Å². The molecule has 0 aromatic heterocycles. The van der Waals surface area contributed by atoms with Crippen LogP contribution in [-0.2, 0) is 23.7 Å². The SMILES string of the molecule is CO[C@@H]1[C@H](OC(=O)OC2CN3CCC2CC3)CC[C@]2(CO2)[C@H]1[C@@]1(C)O[C@@H]1CC=C(C)C. The third-order valence-corrected chi connectivity index (χ3v) is 8.33. The third-order valence-electron chi connectivity index (χ3n) is 8.33. The lowest BCUT2D eigenvalue weighted by Gasteiger charge is -2.44. The van der Waals surface area contributed by atoms with Crippen molar-refractivity contribution in [3.8, 4) is 0 Å². The molecule has 0 radical (unpaired) electrons. The van der Waals surface area contributed by atoms with Crippen molar-refractivity contribution in [2.75, 3.05) is 33.4 Å². The summed E-state index contributed by atoms with van der Waals surface area (Å²) in [6.45, 7) is 10.2. The average molecular weight is 436 g/mol. The van der Waals surface area contributed by atoms with Gasteiger partial charge in [0.05, 0.1) is 18.6 Å². The molecule has 7 nitrogen and oxygen atoms in total. The van der Waals surface area contributed by atoms with E-state index in [4.69, 9.17) is 23.7 Å². The first-order valence-electron chi connectivity index (χ1n) is 11.9. The van der Waals surface area contributed by atoms with Crippen LogP contribution in [-0.4, -0.2) is 80.0 Å². The van der Waals surface area contributed by atoms with Crippen LogP contribution in [0.1, 0.15) is 52.9 Å². The quantitative estimate of drug-likeness (QED) is 0.360. The molecule has 6 rings (SSSR count). The number of piperidine rings is 3. The zero-order valence-electron chi connectivity index (χ0n) is 19.3. The molecule has 0 N–H and O–H groups in total. The van der Waals surface area contributed by atoms with E-state index < -0.39 is 6.16 Å². The number of fused-ring (bicyclic) bond motifs is 3. The normalized spacial score (nSPS) is 47.7. The summed E-state index contributed by atoms with van der Waals surface area (Å²) in [5.74, 6) is 0.497. The maximum Gasteiger partial charge on any atom is 0.508 e. The fourth-order valence-electron chi connectivity index (χ4n) is 6.39. The molecule has 174 valence electrons. The summed E-state index contributed by atoms with van der Waals surface area (Å²) in [7, 11) is 1.70. The number of nitrogens with zero attached hydrogens (tertiary/aromatic N) is 1. The zero-order valence-corrected chi connectivity index (χ0v) is 19.3. The van der Waals surface area contributed by atoms with Gasteiger partial charge in [-0.2, -0.15) is 0 Å². The van der Waals surface area contributed by atoms with E-state index in [9.17, 15) is 4.79 Å². The highest BCUT2D eigenvalue weighted by Crippen LogP contribution is 2.59. The lowest BCUT2D eigenvalue weighted by atomic mass is 9.68. The molecule has 5 heterocycles. The van der Waals surface area contributed by atoms with Gasteiger partial charge in [0.15, 0.2) is 0 Å². The number of epoxide rings is 2. The predicted molar refractivity (Wildman–Crippen MR) is 114 cm³/mol. The Hall–Kier alpha value is -1.15. The predicted octanol–water partition coefficient (Wildman–Crippen LogP) is 3.31. The van der Waals surface area contributed by atoms with Crippen LogP contribution in [0.15, 0.2) is 11.6 Å². The van der Waals surface area contributed by atoms with Crippen LogP contribution in [0.3, 0.4) is 0 Å². The highest BCUT2D eigenvalue weighted by molar-refractivity contribution is 5.60. The van der Waals surface area contributed by atoms with Gasteiger partial charge >= 0.3 is 6.16 Å². The minimum absolute atomic E-state index is 0.0314. The number of carbonyl (C=O) groups excluding carboxylic acids is 1. The molecule has 5 aliphatic heterocycles. The molecule has 0 aromatic carbocycles. The summed E-state index contributed by atoms with van der Waals surface area (Å²) in [6, 6.07) is 0. The molecule has 7 atom stereocenters. The van der Waals surface area contributed by atoms with Crippen molar-refractivity contribution in [3.63, 3.8) is 0 Å². The van der Waals surface area contributed by atoms with Gasteiger partial charge in [-0.05, 0) is 71.9 Å². The van der Waals surface area contributed by atoms with Crippen LogP contribution in [0.25, 0.3) is 0 Å². The van der Waals surface area contributed by atoms with Crippen molar-refractivity contribution in [1.82, 2.24) is 4.90 Å². The summed E-state index contributed by atoms with van der Waals surface area (Å²) < 4.78 is 29.8. The highest BCUT2D eigenvalue weighted by atomic mass is 16.7. The van der Waals surface area contributed by atoms with E-state index in [-0.39, 0.29) is 41.5 Å². The number of hydrogen-bond donors (Lipinski definition) is 0. The van der Waals surface area contributed by atoms with Gasteiger partial charge in [-0.1, -0.05) is 11.6 Å². The molecule has 5 saturated heterocycles. The Morgan fingerprint density at radius 2 is 1.87 bits per heavy atom. The maximum atomic E-state index is 12.7. The molecular formula is C24H37NO6. The van der Waals surface area contributed by atoms with Crippen LogP contribution in [0.2, 0.25) is 0 Å². The fourth-order valence-corrected chi connectivity index (χ4v) is 6.39. The van der Waals surface area contributed by atoms with E-state index in [0.29, 0.717) is 5.92 Å². The Kier molecular flexibility index (Phi) is 5.60. The van der Waals surface area contributed by atoms with Gasteiger partial charge in [0.25, 0.3) is 0 Å². The monoisotopic (exact) mass is 435 g/mol. The minimum atomic E-state index is -0.555. The molecular weight excluding hydrogens is 398 g/mol. The second-order valence-electron chi connectivity index (χ2n) is 10.6. The summed E-state index contributed by atoms with van der Waals surface area (Å²) in [6.07, 6.45) is 5.81. The summed E-state index contributed by atoms with van der Waals surface area (Å²) in [5, 5.41) is 0. The molecule has 0 amide bonds. The van der Waals surface area contributed by atoms with Gasteiger partial charge in [-0.25, -0.2) is 4.79 Å². The van der Waals surface area contributed by atoms with Crippen molar-refractivity contribution in [3.05, 3.63) is 11.6 Å². The van der Waals surface area contributed by atoms with Gasteiger partial charge in [0, 0.05) is 13.7 Å². The lowest BCUT2D eigenvalue weighted by molar-refractivity contribution is -0.137. The first-order valence-corrected chi connectivity index (χ1v) is 11.9. The van der Waals surface area contributed by atoms with Crippen LogP contribution in [0, 0.1) is 11.8 Å². The molecule has 1 aliphatic carbocycles. The number of rotatable bonds is 6. The van der Waals surface area contributed by atoms with E-state index >= 15 is 0 Å². The van der Waals surface area contributed by atoms with Gasteiger partial charge in [-0.3, -0.25) is 4.90 Å². The van der Waals surface area contributed by atoms with Crippen LogP contribution in [0.5, 0.6) is 0 Å². The number of carbonyl (C=O) groups is 1. The Labute approximate surface area is 185 Å². The van der Waals surface area contributed by atoms with E-state index in [2.05, 4.69) is 31.7 Å². The molecule has 1 spiro atoms. The molecule has 2 bridgehead atoms. The third kappa shape index (κ3) is 4.03. The van der Waals surface area contributed by atoms with Gasteiger partial charge < -0.3 is 23.7 Å². The zero-order chi connectivity index (χ0) is 21.8. The molecule has 0 aromatic rings. The molecule has 1 saturated carbocycles. The first kappa shape index (κ1) is 21.7. The highest BCUT2D eigenvalue weighted by Gasteiger charge is 2.72. The van der Waals surface area contributed by atoms with Crippen molar-refractivity contribution in [2.45, 2.75) is 88.5 Å². The summed E-state index contributed by atoms with van der Waals surface area (Å²) in [4.78, 5) is 15.1. The second kappa shape index (κ2) is 8.01. The fraction of sp³-hybridized carbons (Fsp3) is 0.875. The Morgan fingerprint density at radius 1 is 1.16 bits per heavy atom. The first-order chi connectivity index (χ1) is 14.8. The Morgan fingerprint density at radius 3 is 2.45 bits per heavy atom. The number of methoxy groups -OCH3 is 1. The smallest absolute Gasteiger partial charge is 0.429 e. The Balaban J connectivity index is 1.25. The van der Waals surface area contributed by atoms with Crippen LogP contribution < -0.4 is 0 Å². The molecule has 6 fully saturated rings. The van der Waals surface area contributed by atoms with Gasteiger partial charge in [0.1, 0.15) is 29.5 Å². The molecule has 7 heteroatoms. The molecule has 31 heavy (non-hydrogen) atoms. The largest absolute Gasteiger partial charge is 0.508 e. The van der Waals surface area contributed by atoms with Gasteiger partial charge in [-0.15, -0.1) is 0 Å². The van der Waals surface area contributed by atoms with Crippen molar-refractivity contribution in [2.24, 2.45) is 11.8 Å². The second-order valence-corrected chi connectivity index (χ2v) is 10.6. The lowest BCUT2D eigenvalue weighted by Crippen LogP contribution is -2.56. The van der Waals surface area contributed by atoms with Crippen molar-refractivity contribution < 1.29 is 28.5 Å². The standard InChI is InChI=1S/C24H37NO6/c1-15(2)5-6-19-23(3,31-19)21-20(27-4)17(7-10-24(21)14-28-24)29-22(26)30-18-13-25-11-8-16(18)9-12-25/h5,16-21H,6-14H2,1-4H3/t17-,18?,19-,20-,21-,23+,24+/m1/s1. The van der Waals surface area contributed by atoms with E-state index in [1.54, 1.807) is 7.11 Å². The van der Waals surface area contributed by atoms with Crippen molar-refractivity contribution in [1.29, 1.82) is 0 Å². The van der Waals surface area contributed by atoms with Gasteiger partial charge in [0.2, 0.25) is 0 Å². The Bertz CT molecular complexity index is 724. The summed E-state index contributed by atoms with van der Waals surface area (Å²) in [5.41, 5.74) is 0.749. The number of hydrogen-bond acceptors (Lipinski definition) is 7. The minimum Gasteiger partial charge on any atom is -0.429 e. The molecule has 1 unspecified atom stereocenters. The van der Waals surface area contributed by atoms with E-state index in [1.807, 2.05) is 0 Å². The van der Waals surface area contributed by atoms with Crippen LogP contribution >= 0.6 is 0 Å². The maximum absolute atomic E-state index is 12.7. The van der Waals surface area contributed by atoms with Crippen molar-refractivity contribution >= 4 is 6.16 Å². The number of ether oxygens (including phenoxy) is 5. The topological polar surface area (TPSA) is 73.1 Å². The average Bonchev–Trinajstić information content (AvgIpc) is 3.66. The molecule has 6 aliphatic rings. The van der Waals surface area contributed by atoms with E-state index in [1.165, 1.54) is 5.57 Å². The number of allylic oxidation sites excluding steroid dienone is 1. The summed E-state index contributed by atoms with van der Waals surface area (Å²) >= 11 is 0. The van der Waals surface area contributed by atoms with Crippen LogP contribution in [0.4, 0.5) is 4.79 Å².